The zero-order valence-corrected chi connectivity index (χ0v) is 14.8. The van der Waals surface area contributed by atoms with Crippen molar-refractivity contribution >= 4 is 60.2 Å². The molecule has 0 bridgehead atoms. The molecule has 0 atom stereocenters. The first-order valence-corrected chi connectivity index (χ1v) is 7.92. The van der Waals surface area contributed by atoms with Gasteiger partial charge in [-0.1, -0.05) is 44.0 Å². The topological polar surface area (TPSA) is 17.1 Å². The molecule has 0 aromatic heterocycles. The predicted molar refractivity (Wildman–Crippen MR) is 89.2 cm³/mol. The molecule has 0 saturated carbocycles. The fourth-order valence-electron chi connectivity index (χ4n) is 1.61. The number of hydrogen-bond acceptors (Lipinski definition) is 1. The molecular formula is C14H9Br2IO. The Morgan fingerprint density at radius 3 is 2.39 bits per heavy atom. The van der Waals surface area contributed by atoms with Gasteiger partial charge in [-0.3, -0.25) is 4.79 Å². The van der Waals surface area contributed by atoms with Crippen LogP contribution in [-0.2, 0) is 0 Å². The van der Waals surface area contributed by atoms with Crippen LogP contribution >= 0.6 is 54.5 Å². The Morgan fingerprint density at radius 1 is 1.06 bits per heavy atom. The van der Waals surface area contributed by atoms with Gasteiger partial charge in [0.05, 0.1) is 0 Å². The highest BCUT2D eigenvalue weighted by molar-refractivity contribution is 14.1. The van der Waals surface area contributed by atoms with Gasteiger partial charge < -0.3 is 0 Å². The highest BCUT2D eigenvalue weighted by Gasteiger charge is 2.16. The average Bonchev–Trinajstić information content (AvgIpc) is 2.33. The molecule has 0 unspecified atom stereocenters. The molecule has 92 valence electrons. The summed E-state index contributed by atoms with van der Waals surface area (Å²) in [6.07, 6.45) is 0. The van der Waals surface area contributed by atoms with E-state index in [-0.39, 0.29) is 5.78 Å². The number of carbonyl (C=O) groups excluding carboxylic acids is 1. The molecule has 2 rings (SSSR count). The van der Waals surface area contributed by atoms with Gasteiger partial charge in [0.2, 0.25) is 0 Å². The van der Waals surface area contributed by atoms with Crippen LogP contribution in [0.25, 0.3) is 0 Å². The molecule has 0 fully saturated rings. The molecule has 4 heteroatoms. The first-order chi connectivity index (χ1) is 8.50. The number of aryl methyl sites for hydroxylation is 1. The van der Waals surface area contributed by atoms with E-state index in [0.717, 1.165) is 23.6 Å². The Hall–Kier alpha value is -0.200. The highest BCUT2D eigenvalue weighted by Crippen LogP contribution is 2.28. The molecule has 0 radical (unpaired) electrons. The van der Waals surface area contributed by atoms with Crippen molar-refractivity contribution in [2.75, 3.05) is 0 Å². The second-order valence-electron chi connectivity index (χ2n) is 3.89. The molecule has 0 aliphatic rings. The van der Waals surface area contributed by atoms with E-state index in [1.54, 1.807) is 0 Å². The molecule has 2 aromatic carbocycles. The second kappa shape index (κ2) is 5.84. The molecule has 0 N–H and O–H groups in total. The van der Waals surface area contributed by atoms with Crippen molar-refractivity contribution in [3.8, 4) is 0 Å². The number of halogens is 3. The third-order valence-electron chi connectivity index (χ3n) is 2.61. The molecule has 0 amide bonds. The summed E-state index contributed by atoms with van der Waals surface area (Å²) in [5.41, 5.74) is 2.51. The minimum atomic E-state index is 0.0348. The SMILES string of the molecule is Cc1cc(Br)c(C(=O)c2ccccc2I)cc1Br. The van der Waals surface area contributed by atoms with Crippen LogP contribution < -0.4 is 0 Å². The van der Waals surface area contributed by atoms with Gasteiger partial charge in [-0.05, 0) is 59.3 Å². The van der Waals surface area contributed by atoms with Crippen LogP contribution in [0.1, 0.15) is 21.5 Å². The summed E-state index contributed by atoms with van der Waals surface area (Å²) < 4.78 is 2.73. The summed E-state index contributed by atoms with van der Waals surface area (Å²) in [7, 11) is 0. The zero-order chi connectivity index (χ0) is 13.3. The lowest BCUT2D eigenvalue weighted by molar-refractivity contribution is 0.103. The van der Waals surface area contributed by atoms with Crippen LogP contribution in [0.3, 0.4) is 0 Å². The lowest BCUT2D eigenvalue weighted by Gasteiger charge is -2.08. The number of rotatable bonds is 2. The van der Waals surface area contributed by atoms with E-state index >= 15 is 0 Å². The van der Waals surface area contributed by atoms with Gasteiger partial charge in [-0.2, -0.15) is 0 Å². The Balaban J connectivity index is 2.53. The Morgan fingerprint density at radius 2 is 1.72 bits per heavy atom. The summed E-state index contributed by atoms with van der Waals surface area (Å²) in [6.45, 7) is 2.00. The van der Waals surface area contributed by atoms with E-state index in [0.29, 0.717) is 5.56 Å². The molecule has 18 heavy (non-hydrogen) atoms. The second-order valence-corrected chi connectivity index (χ2v) is 6.76. The first-order valence-electron chi connectivity index (χ1n) is 5.25. The van der Waals surface area contributed by atoms with E-state index in [4.69, 9.17) is 0 Å². The molecule has 0 aliphatic heterocycles. The number of carbonyl (C=O) groups is 1. The molecule has 1 nitrogen and oxygen atoms in total. The standard InChI is InChI=1S/C14H9Br2IO/c1-8-6-12(16)10(7-11(8)15)14(18)9-4-2-3-5-13(9)17/h2-7H,1H3. The monoisotopic (exact) mass is 478 g/mol. The largest absolute Gasteiger partial charge is 0.289 e. The minimum Gasteiger partial charge on any atom is -0.289 e. The van der Waals surface area contributed by atoms with Crippen LogP contribution in [0.15, 0.2) is 45.3 Å². The lowest BCUT2D eigenvalue weighted by Crippen LogP contribution is -2.05. The van der Waals surface area contributed by atoms with Crippen molar-refractivity contribution in [3.63, 3.8) is 0 Å². The van der Waals surface area contributed by atoms with E-state index in [9.17, 15) is 4.79 Å². The maximum Gasteiger partial charge on any atom is 0.195 e. The van der Waals surface area contributed by atoms with Crippen LogP contribution in [0.5, 0.6) is 0 Å². The molecule has 0 saturated heterocycles. The lowest BCUT2D eigenvalue weighted by atomic mass is 10.0. The summed E-state index contributed by atoms with van der Waals surface area (Å²) in [4.78, 5) is 12.5. The van der Waals surface area contributed by atoms with Crippen LogP contribution in [0, 0.1) is 10.5 Å². The van der Waals surface area contributed by atoms with Gasteiger partial charge in [0.25, 0.3) is 0 Å². The summed E-state index contributed by atoms with van der Waals surface area (Å²) >= 11 is 9.11. The Kier molecular flexibility index (Phi) is 4.61. The Labute approximate surface area is 136 Å². The number of hydrogen-bond donors (Lipinski definition) is 0. The van der Waals surface area contributed by atoms with Gasteiger partial charge in [0.1, 0.15) is 0 Å². The van der Waals surface area contributed by atoms with Gasteiger partial charge in [-0.25, -0.2) is 0 Å². The Bertz CT molecular complexity index is 623. The predicted octanol–water partition coefficient (Wildman–Crippen LogP) is 5.36. The van der Waals surface area contributed by atoms with Crippen LogP contribution in [0.4, 0.5) is 0 Å². The van der Waals surface area contributed by atoms with Crippen molar-refractivity contribution < 1.29 is 4.79 Å². The van der Waals surface area contributed by atoms with Crippen LogP contribution in [0.2, 0.25) is 0 Å². The molecular weight excluding hydrogens is 471 g/mol. The van der Waals surface area contributed by atoms with Crippen molar-refractivity contribution in [2.24, 2.45) is 0 Å². The summed E-state index contributed by atoms with van der Waals surface area (Å²) in [5.74, 6) is 0.0348. The van der Waals surface area contributed by atoms with Gasteiger partial charge in [-0.15, -0.1) is 0 Å². The molecule has 0 aliphatic carbocycles. The smallest absolute Gasteiger partial charge is 0.195 e. The fraction of sp³-hybridized carbons (Fsp3) is 0.0714. The van der Waals surface area contributed by atoms with Gasteiger partial charge in [0, 0.05) is 23.6 Å². The first kappa shape index (κ1) is 14.2. The maximum atomic E-state index is 12.5. The zero-order valence-electron chi connectivity index (χ0n) is 9.51. The third-order valence-corrected chi connectivity index (χ3v) is 5.06. The average molecular weight is 480 g/mol. The van der Waals surface area contributed by atoms with Crippen molar-refractivity contribution in [1.29, 1.82) is 0 Å². The van der Waals surface area contributed by atoms with Crippen LogP contribution in [-0.4, -0.2) is 5.78 Å². The van der Waals surface area contributed by atoms with E-state index in [1.165, 1.54) is 0 Å². The van der Waals surface area contributed by atoms with E-state index in [2.05, 4.69) is 54.5 Å². The minimum absolute atomic E-state index is 0.0348. The van der Waals surface area contributed by atoms with Crippen molar-refractivity contribution in [1.82, 2.24) is 0 Å². The third kappa shape index (κ3) is 2.86. The fourth-order valence-corrected chi connectivity index (χ4v) is 3.22. The summed E-state index contributed by atoms with van der Waals surface area (Å²) in [6, 6.07) is 11.4. The highest BCUT2D eigenvalue weighted by atomic mass is 127. The molecule has 0 heterocycles. The quantitative estimate of drug-likeness (QED) is 0.419. The molecule has 2 aromatic rings. The van der Waals surface area contributed by atoms with Crippen molar-refractivity contribution in [2.45, 2.75) is 6.92 Å². The summed E-state index contributed by atoms with van der Waals surface area (Å²) in [5, 5.41) is 0. The van der Waals surface area contributed by atoms with Crippen molar-refractivity contribution in [3.05, 3.63) is 65.6 Å². The maximum absolute atomic E-state index is 12.5. The normalized spacial score (nSPS) is 10.4. The molecule has 0 spiro atoms. The number of benzene rings is 2. The van der Waals surface area contributed by atoms with E-state index < -0.39 is 0 Å². The van der Waals surface area contributed by atoms with Gasteiger partial charge >= 0.3 is 0 Å². The van der Waals surface area contributed by atoms with Gasteiger partial charge in [0.15, 0.2) is 5.78 Å². The van der Waals surface area contributed by atoms with E-state index in [1.807, 2.05) is 43.3 Å². The number of ketones is 1.